The van der Waals surface area contributed by atoms with Gasteiger partial charge in [-0.25, -0.2) is 4.79 Å². The first-order valence-electron chi connectivity index (χ1n) is 13.1. The van der Waals surface area contributed by atoms with Crippen molar-refractivity contribution in [2.75, 3.05) is 19.6 Å². The highest BCUT2D eigenvalue weighted by atomic mass is 16.6. The monoisotopic (exact) mass is 463 g/mol. The summed E-state index contributed by atoms with van der Waals surface area (Å²) in [4.78, 5) is 43.3. The van der Waals surface area contributed by atoms with Crippen LogP contribution in [-0.2, 0) is 14.3 Å². The van der Waals surface area contributed by atoms with Gasteiger partial charge in [-0.3, -0.25) is 9.59 Å². The Morgan fingerprint density at radius 1 is 1.12 bits per heavy atom. The maximum atomic E-state index is 13.3. The highest BCUT2D eigenvalue weighted by Crippen LogP contribution is 2.42. The molecule has 0 aromatic rings. The van der Waals surface area contributed by atoms with Crippen molar-refractivity contribution >= 4 is 17.9 Å². The predicted molar refractivity (Wildman–Crippen MR) is 129 cm³/mol. The zero-order valence-electron chi connectivity index (χ0n) is 21.6. The molecule has 0 bridgehead atoms. The summed E-state index contributed by atoms with van der Waals surface area (Å²) < 4.78 is 6.16. The summed E-state index contributed by atoms with van der Waals surface area (Å²) in [5, 5.41) is 3.02. The Kier molecular flexibility index (Phi) is 8.00. The van der Waals surface area contributed by atoms with Crippen LogP contribution >= 0.6 is 0 Å². The lowest BCUT2D eigenvalue weighted by molar-refractivity contribution is -0.161. The van der Waals surface area contributed by atoms with Gasteiger partial charge in [0.25, 0.3) is 0 Å². The molecule has 1 saturated carbocycles. The lowest BCUT2D eigenvalue weighted by Gasteiger charge is -2.52. The largest absolute Gasteiger partial charge is 0.443 e. The van der Waals surface area contributed by atoms with Crippen molar-refractivity contribution < 1.29 is 19.1 Å². The first kappa shape index (κ1) is 25.8. The molecule has 1 aliphatic carbocycles. The molecule has 3 atom stereocenters. The van der Waals surface area contributed by atoms with Crippen LogP contribution in [0.1, 0.15) is 92.9 Å². The minimum absolute atomic E-state index is 0.0238. The topological polar surface area (TPSA) is 79.0 Å². The summed E-state index contributed by atoms with van der Waals surface area (Å²) in [7, 11) is 0. The molecule has 0 aromatic heterocycles. The first-order chi connectivity index (χ1) is 15.5. The molecule has 1 N–H and O–H groups in total. The number of piperidine rings is 1. The number of nitrogens with zero attached hydrogens (tertiary/aromatic N) is 2. The van der Waals surface area contributed by atoms with Crippen molar-refractivity contribution in [2.24, 2.45) is 17.8 Å². The second-order valence-corrected chi connectivity index (χ2v) is 11.4. The van der Waals surface area contributed by atoms with E-state index in [0.717, 1.165) is 25.7 Å². The van der Waals surface area contributed by atoms with Gasteiger partial charge in [-0.2, -0.15) is 0 Å². The molecular weight excluding hydrogens is 418 g/mol. The molecule has 33 heavy (non-hydrogen) atoms. The van der Waals surface area contributed by atoms with Crippen molar-refractivity contribution in [3.8, 4) is 0 Å². The van der Waals surface area contributed by atoms with Crippen molar-refractivity contribution in [2.45, 2.75) is 110 Å². The van der Waals surface area contributed by atoms with Gasteiger partial charge in [0.2, 0.25) is 11.8 Å². The van der Waals surface area contributed by atoms with E-state index in [9.17, 15) is 14.4 Å². The zero-order chi connectivity index (χ0) is 24.4. The molecule has 3 amide bonds. The molecule has 1 spiro atoms. The fraction of sp³-hybridized carbons (Fsp3) is 0.885. The van der Waals surface area contributed by atoms with Gasteiger partial charge in [-0.1, -0.05) is 41.0 Å². The molecule has 2 aliphatic heterocycles. The van der Waals surface area contributed by atoms with Crippen LogP contribution in [0.4, 0.5) is 4.79 Å². The van der Waals surface area contributed by atoms with Crippen LogP contribution in [0.5, 0.6) is 0 Å². The molecule has 0 aromatic carbocycles. The summed E-state index contributed by atoms with van der Waals surface area (Å²) in [6.07, 6.45) is 6.36. The van der Waals surface area contributed by atoms with Gasteiger partial charge in [0, 0.05) is 25.6 Å². The maximum Gasteiger partial charge on any atom is 0.410 e. The number of carbonyl (C=O) groups is 3. The number of nitrogens with one attached hydrogen (secondary N) is 1. The smallest absolute Gasteiger partial charge is 0.410 e. The number of ether oxygens (including phenoxy) is 1. The van der Waals surface area contributed by atoms with Crippen molar-refractivity contribution in [3.05, 3.63) is 0 Å². The molecule has 7 heteroatoms. The average Bonchev–Trinajstić information content (AvgIpc) is 2.75. The van der Waals surface area contributed by atoms with E-state index < -0.39 is 17.2 Å². The van der Waals surface area contributed by atoms with Crippen LogP contribution in [0.25, 0.3) is 0 Å². The normalized spacial score (nSPS) is 30.2. The Labute approximate surface area is 200 Å². The van der Waals surface area contributed by atoms with Gasteiger partial charge >= 0.3 is 6.09 Å². The van der Waals surface area contributed by atoms with Crippen LogP contribution in [0.15, 0.2) is 0 Å². The SMILES string of the molecule is CCCN1C(=O)C(CC(C)C)NC(=O)C12CCN(C(=O)OC1(C)CCCCC1C(C)C)CC2. The van der Waals surface area contributed by atoms with E-state index in [0.29, 0.717) is 56.7 Å². The average molecular weight is 464 g/mol. The predicted octanol–water partition coefficient (Wildman–Crippen LogP) is 4.35. The third-order valence-electron chi connectivity index (χ3n) is 8.16. The summed E-state index contributed by atoms with van der Waals surface area (Å²) in [6.45, 7) is 14.1. The van der Waals surface area contributed by atoms with Crippen molar-refractivity contribution in [3.63, 3.8) is 0 Å². The summed E-state index contributed by atoms with van der Waals surface area (Å²) >= 11 is 0. The van der Waals surface area contributed by atoms with Crippen LogP contribution in [0.2, 0.25) is 0 Å². The standard InChI is InChI=1S/C26H45N3O4/c1-7-14-29-22(30)21(17-18(2)3)27-23(31)26(29)12-15-28(16-13-26)24(32)33-25(6)11-9-8-10-20(25)19(4)5/h18-21H,7-17H2,1-6H3,(H,27,31). The Balaban J connectivity index is 1.69. The Morgan fingerprint density at radius 2 is 1.79 bits per heavy atom. The molecule has 7 nitrogen and oxygen atoms in total. The Bertz CT molecular complexity index is 729. The first-order valence-corrected chi connectivity index (χ1v) is 13.1. The Hall–Kier alpha value is -1.79. The summed E-state index contributed by atoms with van der Waals surface area (Å²) in [6, 6.07) is -0.447. The molecule has 2 heterocycles. The van der Waals surface area contributed by atoms with Crippen LogP contribution in [0, 0.1) is 17.8 Å². The van der Waals surface area contributed by atoms with Gasteiger partial charge in [-0.05, 0) is 63.7 Å². The number of carbonyl (C=O) groups excluding carboxylic acids is 3. The Morgan fingerprint density at radius 3 is 2.36 bits per heavy atom. The van der Waals surface area contributed by atoms with Gasteiger partial charge in [0.1, 0.15) is 17.2 Å². The lowest BCUT2D eigenvalue weighted by Crippen LogP contribution is -2.73. The van der Waals surface area contributed by atoms with E-state index in [-0.39, 0.29) is 17.9 Å². The van der Waals surface area contributed by atoms with Gasteiger partial charge < -0.3 is 19.9 Å². The molecule has 3 rings (SSSR count). The van der Waals surface area contributed by atoms with E-state index >= 15 is 0 Å². The third kappa shape index (κ3) is 5.17. The minimum Gasteiger partial charge on any atom is -0.443 e. The molecular formula is C26H45N3O4. The zero-order valence-corrected chi connectivity index (χ0v) is 21.6. The molecule has 188 valence electrons. The van der Waals surface area contributed by atoms with Gasteiger partial charge in [-0.15, -0.1) is 0 Å². The minimum atomic E-state index is -0.855. The van der Waals surface area contributed by atoms with Gasteiger partial charge in [0.15, 0.2) is 0 Å². The fourth-order valence-corrected chi connectivity index (χ4v) is 6.37. The molecule has 2 saturated heterocycles. The molecule has 0 radical (unpaired) electrons. The van der Waals surface area contributed by atoms with E-state index in [1.165, 1.54) is 6.42 Å². The molecule has 3 aliphatic rings. The summed E-state index contributed by atoms with van der Waals surface area (Å²) in [5.41, 5.74) is -1.29. The van der Waals surface area contributed by atoms with Gasteiger partial charge in [0.05, 0.1) is 0 Å². The van der Waals surface area contributed by atoms with Crippen molar-refractivity contribution in [1.82, 2.24) is 15.1 Å². The van der Waals surface area contributed by atoms with E-state index in [1.54, 1.807) is 4.90 Å². The highest BCUT2D eigenvalue weighted by Gasteiger charge is 2.54. The van der Waals surface area contributed by atoms with E-state index in [2.05, 4.69) is 39.9 Å². The van der Waals surface area contributed by atoms with Crippen molar-refractivity contribution in [1.29, 1.82) is 0 Å². The number of hydrogen-bond donors (Lipinski definition) is 1. The van der Waals surface area contributed by atoms with Crippen LogP contribution < -0.4 is 5.32 Å². The highest BCUT2D eigenvalue weighted by molar-refractivity contribution is 6.00. The van der Waals surface area contributed by atoms with Crippen LogP contribution in [-0.4, -0.2) is 64.5 Å². The second-order valence-electron chi connectivity index (χ2n) is 11.4. The fourth-order valence-electron chi connectivity index (χ4n) is 6.37. The third-order valence-corrected chi connectivity index (χ3v) is 8.16. The summed E-state index contributed by atoms with van der Waals surface area (Å²) in [5.74, 6) is 1.12. The van der Waals surface area contributed by atoms with Crippen LogP contribution in [0.3, 0.4) is 0 Å². The quantitative estimate of drug-likeness (QED) is 0.635. The number of amides is 3. The maximum absolute atomic E-state index is 13.3. The number of likely N-dealkylation sites (tertiary alicyclic amines) is 1. The number of piperazine rings is 1. The van der Waals surface area contributed by atoms with E-state index in [4.69, 9.17) is 4.74 Å². The van der Waals surface area contributed by atoms with E-state index in [1.807, 2.05) is 11.8 Å². The molecule has 3 unspecified atom stereocenters. The second kappa shape index (κ2) is 10.2. The number of rotatable bonds is 6. The number of hydrogen-bond acceptors (Lipinski definition) is 4. The molecule has 3 fully saturated rings. The lowest BCUT2D eigenvalue weighted by atomic mass is 9.71.